The maximum absolute atomic E-state index is 14.1. The Hall–Kier alpha value is -7.75. The Kier molecular flexibility index (Phi) is 13.3. The van der Waals surface area contributed by atoms with Crippen LogP contribution >= 0.6 is 0 Å². The number of H-pyrrole nitrogens is 2. The molecule has 6 aromatic rings. The van der Waals surface area contributed by atoms with Crippen LogP contribution in [0.2, 0.25) is 0 Å². The second-order valence-corrected chi connectivity index (χ2v) is 15.7. The fourth-order valence-corrected chi connectivity index (χ4v) is 8.61. The minimum absolute atomic E-state index is 0.114. The molecular weight excluding hydrogens is 829 g/mol. The number of ether oxygens (including phenoxy) is 3. The quantitative estimate of drug-likeness (QED) is 0.0655. The molecule has 4 N–H and O–H groups in total. The van der Waals surface area contributed by atoms with E-state index in [1.54, 1.807) is 59.3 Å². The van der Waals surface area contributed by atoms with E-state index in [-0.39, 0.29) is 30.2 Å². The number of amides is 4. The number of alkyl carbamates (subject to hydrolysis) is 2. The Morgan fingerprint density at radius 1 is 0.646 bits per heavy atom. The lowest BCUT2D eigenvalue weighted by Crippen LogP contribution is -2.42. The van der Waals surface area contributed by atoms with Crippen LogP contribution in [0.3, 0.4) is 0 Å². The van der Waals surface area contributed by atoms with Gasteiger partial charge < -0.3 is 44.6 Å². The molecule has 2 aromatic heterocycles. The van der Waals surface area contributed by atoms with Crippen molar-refractivity contribution in [2.24, 2.45) is 0 Å². The number of esters is 1. The molecule has 2 saturated heterocycles. The highest BCUT2D eigenvalue weighted by molar-refractivity contribution is 5.95. The van der Waals surface area contributed by atoms with Crippen LogP contribution in [0.4, 0.5) is 9.59 Å². The molecule has 4 aromatic carbocycles. The van der Waals surface area contributed by atoms with Crippen LogP contribution < -0.4 is 10.6 Å². The van der Waals surface area contributed by atoms with Crippen LogP contribution in [-0.2, 0) is 23.8 Å². The summed E-state index contributed by atoms with van der Waals surface area (Å²) in [5.41, 5.74) is 6.17. The zero-order valence-electron chi connectivity index (χ0n) is 36.3. The molecule has 0 spiro atoms. The first-order valence-corrected chi connectivity index (χ1v) is 21.6. The molecule has 8 rings (SSSR count). The average molecular weight is 879 g/mol. The number of hydrogen-bond donors (Lipinski definition) is 4. The van der Waals surface area contributed by atoms with E-state index < -0.39 is 36.3 Å². The molecule has 0 aliphatic carbocycles. The third-order valence-corrected chi connectivity index (χ3v) is 11.8. The molecular formula is C49H50N8O8. The van der Waals surface area contributed by atoms with Gasteiger partial charge in [0.2, 0.25) is 0 Å². The number of likely N-dealkylation sites (tertiary alicyclic amines) is 2. The zero-order chi connectivity index (χ0) is 45.5. The van der Waals surface area contributed by atoms with E-state index in [4.69, 9.17) is 24.2 Å². The van der Waals surface area contributed by atoms with Crippen molar-refractivity contribution in [1.29, 1.82) is 0 Å². The molecule has 4 heterocycles. The highest BCUT2D eigenvalue weighted by atomic mass is 16.5. The summed E-state index contributed by atoms with van der Waals surface area (Å²) < 4.78 is 15.1. The first-order valence-electron chi connectivity index (χ1n) is 21.6. The molecule has 16 heteroatoms. The van der Waals surface area contributed by atoms with Crippen LogP contribution in [0.1, 0.15) is 90.0 Å². The van der Waals surface area contributed by atoms with Crippen LogP contribution in [0, 0.1) is 0 Å². The zero-order valence-corrected chi connectivity index (χ0v) is 36.3. The summed E-state index contributed by atoms with van der Waals surface area (Å²) in [6.07, 6.45) is 3.15. The fourth-order valence-electron chi connectivity index (χ4n) is 8.61. The summed E-state index contributed by atoms with van der Waals surface area (Å²) in [4.78, 5) is 85.7. The predicted molar refractivity (Wildman–Crippen MR) is 240 cm³/mol. The van der Waals surface area contributed by atoms with Gasteiger partial charge in [-0.05, 0) is 60.4 Å². The van der Waals surface area contributed by atoms with Crippen molar-refractivity contribution in [3.63, 3.8) is 0 Å². The largest absolute Gasteiger partial charge is 0.461 e. The molecule has 2 aliphatic heterocycles. The number of carbonyl (C=O) groups excluding carboxylic acids is 5. The van der Waals surface area contributed by atoms with Crippen molar-refractivity contribution < 1.29 is 38.2 Å². The van der Waals surface area contributed by atoms with Crippen molar-refractivity contribution in [1.82, 2.24) is 40.4 Å². The number of benzene rings is 4. The fraction of sp³-hybridized carbons (Fsp3) is 0.286. The monoisotopic (exact) mass is 878 g/mol. The minimum Gasteiger partial charge on any atom is -0.461 e. The van der Waals surface area contributed by atoms with E-state index in [9.17, 15) is 24.0 Å². The molecule has 0 radical (unpaired) electrons. The van der Waals surface area contributed by atoms with Gasteiger partial charge in [0, 0.05) is 18.7 Å². The van der Waals surface area contributed by atoms with Gasteiger partial charge in [-0.1, -0.05) is 109 Å². The summed E-state index contributed by atoms with van der Waals surface area (Å²) in [6, 6.07) is 31.2. The van der Waals surface area contributed by atoms with Gasteiger partial charge in [0.15, 0.2) is 5.69 Å². The lowest BCUT2D eigenvalue weighted by atomic mass is 10.0. The maximum Gasteiger partial charge on any atom is 0.407 e. The van der Waals surface area contributed by atoms with Crippen LogP contribution in [0.5, 0.6) is 0 Å². The molecule has 334 valence electrons. The van der Waals surface area contributed by atoms with Crippen LogP contribution in [0.15, 0.2) is 115 Å². The van der Waals surface area contributed by atoms with Gasteiger partial charge in [-0.15, -0.1) is 0 Å². The molecule has 2 aliphatic rings. The van der Waals surface area contributed by atoms with Crippen LogP contribution in [0.25, 0.3) is 33.6 Å². The molecule has 4 amide bonds. The topological polar surface area (TPSA) is 201 Å². The molecule has 0 bridgehead atoms. The Morgan fingerprint density at radius 3 is 1.62 bits per heavy atom. The molecule has 65 heavy (non-hydrogen) atoms. The summed E-state index contributed by atoms with van der Waals surface area (Å²) in [7, 11) is 2.52. The molecule has 16 nitrogen and oxygen atoms in total. The van der Waals surface area contributed by atoms with E-state index in [1.165, 1.54) is 14.2 Å². The predicted octanol–water partition coefficient (Wildman–Crippen LogP) is 7.83. The number of imidazole rings is 2. The number of hydrogen-bond acceptors (Lipinski definition) is 10. The highest BCUT2D eigenvalue weighted by Crippen LogP contribution is 2.37. The third-order valence-electron chi connectivity index (χ3n) is 11.8. The molecule has 2 fully saturated rings. The smallest absolute Gasteiger partial charge is 0.407 e. The van der Waals surface area contributed by atoms with E-state index in [0.717, 1.165) is 35.2 Å². The number of nitrogens with one attached hydrogen (secondary N) is 4. The minimum atomic E-state index is -0.986. The summed E-state index contributed by atoms with van der Waals surface area (Å²) >= 11 is 0. The summed E-state index contributed by atoms with van der Waals surface area (Å²) in [5, 5.41) is 5.39. The van der Waals surface area contributed by atoms with Crippen molar-refractivity contribution in [3.05, 3.63) is 144 Å². The van der Waals surface area contributed by atoms with Gasteiger partial charge in [-0.25, -0.2) is 24.4 Å². The number of rotatable bonds is 13. The number of methoxy groups -OCH3 is 2. The van der Waals surface area contributed by atoms with Crippen molar-refractivity contribution in [2.75, 3.05) is 33.9 Å². The number of aromatic amines is 2. The van der Waals surface area contributed by atoms with E-state index in [2.05, 4.69) is 20.6 Å². The number of nitrogens with zero attached hydrogens (tertiary/aromatic N) is 4. The Bertz CT molecular complexity index is 2630. The van der Waals surface area contributed by atoms with E-state index >= 15 is 0 Å². The normalized spacial score (nSPS) is 16.7. The first kappa shape index (κ1) is 43.9. The summed E-state index contributed by atoms with van der Waals surface area (Å²) in [5.74, 6) is -0.0350. The summed E-state index contributed by atoms with van der Waals surface area (Å²) in [6.45, 7) is 2.85. The first-order chi connectivity index (χ1) is 31.7. The second kappa shape index (κ2) is 19.7. The van der Waals surface area contributed by atoms with Gasteiger partial charge in [-0.2, -0.15) is 0 Å². The molecule has 1 unspecified atom stereocenters. The average Bonchev–Trinajstić information content (AvgIpc) is 4.20. The SMILES string of the molecule is CCOC(=O)c1nc([C@@H]2CCCN2C(=O)[C@H](NC(=O)OC)c2ccccc2)[nH]c1-c1ccc(-c2ccc(-c3cnc(C4CCCN4C(=O)[C@H](NC(=O)OC)c4ccccc4)[nH]3)cc2)cc1. The van der Waals surface area contributed by atoms with Gasteiger partial charge >= 0.3 is 18.2 Å². The van der Waals surface area contributed by atoms with Gasteiger partial charge in [-0.3, -0.25) is 9.59 Å². The van der Waals surface area contributed by atoms with Crippen molar-refractivity contribution in [3.8, 4) is 33.6 Å². The Balaban J connectivity index is 0.988. The lowest BCUT2D eigenvalue weighted by molar-refractivity contribution is -0.135. The molecule has 4 atom stereocenters. The van der Waals surface area contributed by atoms with Crippen molar-refractivity contribution >= 4 is 30.0 Å². The number of carbonyl (C=O) groups is 5. The lowest BCUT2D eigenvalue weighted by Gasteiger charge is -2.28. The standard InChI is InChI=1S/C49H50N8O8/c1-4-65-47(60)42-39(52-44(53-42)38-18-12-28-57(38)46(59)41(55-49(62)64-3)34-15-9-6-10-16-34)35-25-21-31(22-26-35)30-19-23-32(24-20-30)36-29-50-43(51-36)37-17-11-27-56(37)45(58)40(54-48(61)63-2)33-13-7-5-8-14-33/h5-10,13-16,19-26,29,37-38,40-41H,4,11-12,17-18,27-28H2,1-3H3,(H,50,51)(H,52,53)(H,54,61)(H,55,62)/t37?,38-,40+,41+/m0/s1. The highest BCUT2D eigenvalue weighted by Gasteiger charge is 2.39. The van der Waals surface area contributed by atoms with Crippen molar-refractivity contribution in [2.45, 2.75) is 56.8 Å². The van der Waals surface area contributed by atoms with Gasteiger partial charge in [0.25, 0.3) is 11.8 Å². The third kappa shape index (κ3) is 9.47. The number of aromatic nitrogens is 4. The van der Waals surface area contributed by atoms with E-state index in [1.807, 2.05) is 72.8 Å². The van der Waals surface area contributed by atoms with Crippen LogP contribution in [-0.4, -0.2) is 93.6 Å². The van der Waals surface area contributed by atoms with E-state index in [0.29, 0.717) is 60.0 Å². The maximum atomic E-state index is 14.1. The van der Waals surface area contributed by atoms with Gasteiger partial charge in [0.05, 0.1) is 50.5 Å². The Labute approximate surface area is 375 Å². The Morgan fingerprint density at radius 2 is 1.12 bits per heavy atom. The van der Waals surface area contributed by atoms with Gasteiger partial charge in [0.1, 0.15) is 23.7 Å². The molecule has 0 saturated carbocycles. The second-order valence-electron chi connectivity index (χ2n) is 15.7.